The minimum absolute atomic E-state index is 0.106. The van der Waals surface area contributed by atoms with Gasteiger partial charge in [0.1, 0.15) is 18.2 Å². The third-order valence-electron chi connectivity index (χ3n) is 5.05. The Bertz CT molecular complexity index is 717. The predicted molar refractivity (Wildman–Crippen MR) is 95.6 cm³/mol. The van der Waals surface area contributed by atoms with Crippen molar-refractivity contribution in [3.63, 3.8) is 0 Å². The zero-order valence-corrected chi connectivity index (χ0v) is 14.8. The molecule has 0 saturated heterocycles. The van der Waals surface area contributed by atoms with Crippen LogP contribution in [0.2, 0.25) is 0 Å². The highest BCUT2D eigenvalue weighted by molar-refractivity contribution is 5.73. The molecule has 1 heterocycles. The largest absolute Gasteiger partial charge is 0.507 e. The average molecular weight is 342 g/mol. The second kappa shape index (κ2) is 8.19. The molecule has 0 radical (unpaired) electrons. The Labute approximate surface area is 148 Å². The first-order valence-corrected chi connectivity index (χ1v) is 9.09. The van der Waals surface area contributed by atoms with Crippen LogP contribution in [0.5, 0.6) is 5.75 Å². The van der Waals surface area contributed by atoms with Crippen LogP contribution in [0.15, 0.2) is 30.6 Å². The molecule has 25 heavy (non-hydrogen) atoms. The first-order chi connectivity index (χ1) is 12.1. The van der Waals surface area contributed by atoms with Gasteiger partial charge in [-0.05, 0) is 31.2 Å². The summed E-state index contributed by atoms with van der Waals surface area (Å²) in [4.78, 5) is 16.2. The Morgan fingerprint density at radius 3 is 2.84 bits per heavy atom. The monoisotopic (exact) mass is 342 g/mol. The average Bonchev–Trinajstić information content (AvgIpc) is 3.03. The van der Waals surface area contributed by atoms with E-state index in [1.807, 2.05) is 35.9 Å². The molecule has 0 amide bonds. The SMILES string of the molecule is Cc1nccn1CCOC(=O)Cc1cccc(C2CCCCC2)c1O. The first kappa shape index (κ1) is 17.5. The predicted octanol–water partition coefficient (Wildman–Crippen LogP) is 3.73. The van der Waals surface area contributed by atoms with E-state index in [9.17, 15) is 9.90 Å². The van der Waals surface area contributed by atoms with Crippen molar-refractivity contribution in [3.8, 4) is 5.75 Å². The number of imidazole rings is 1. The molecule has 1 aliphatic carbocycles. The van der Waals surface area contributed by atoms with Crippen molar-refractivity contribution in [2.24, 2.45) is 0 Å². The fraction of sp³-hybridized carbons (Fsp3) is 0.500. The molecule has 1 aromatic carbocycles. The van der Waals surface area contributed by atoms with Crippen LogP contribution in [0.25, 0.3) is 0 Å². The molecule has 1 N–H and O–H groups in total. The number of hydrogen-bond donors (Lipinski definition) is 1. The highest BCUT2D eigenvalue weighted by Gasteiger charge is 2.20. The van der Waals surface area contributed by atoms with Gasteiger partial charge in [-0.3, -0.25) is 4.79 Å². The summed E-state index contributed by atoms with van der Waals surface area (Å²) in [5.74, 6) is 1.27. The molecule has 3 rings (SSSR count). The van der Waals surface area contributed by atoms with E-state index in [2.05, 4.69) is 4.98 Å². The van der Waals surface area contributed by atoms with E-state index in [-0.39, 0.29) is 18.1 Å². The van der Waals surface area contributed by atoms with Crippen molar-refractivity contribution in [2.75, 3.05) is 6.61 Å². The van der Waals surface area contributed by atoms with Gasteiger partial charge < -0.3 is 14.4 Å². The number of para-hydroxylation sites is 1. The van der Waals surface area contributed by atoms with Crippen LogP contribution in [-0.4, -0.2) is 27.2 Å². The van der Waals surface area contributed by atoms with E-state index in [1.54, 1.807) is 6.20 Å². The van der Waals surface area contributed by atoms with Crippen LogP contribution in [0.4, 0.5) is 0 Å². The maximum Gasteiger partial charge on any atom is 0.310 e. The minimum atomic E-state index is -0.311. The summed E-state index contributed by atoms with van der Waals surface area (Å²) in [7, 11) is 0. The van der Waals surface area contributed by atoms with E-state index >= 15 is 0 Å². The number of nitrogens with zero attached hydrogens (tertiary/aromatic N) is 2. The van der Waals surface area contributed by atoms with Crippen molar-refractivity contribution in [1.82, 2.24) is 9.55 Å². The van der Waals surface area contributed by atoms with Crippen LogP contribution in [-0.2, 0) is 22.5 Å². The van der Waals surface area contributed by atoms with E-state index in [0.29, 0.717) is 24.6 Å². The van der Waals surface area contributed by atoms with Crippen molar-refractivity contribution in [1.29, 1.82) is 0 Å². The first-order valence-electron chi connectivity index (χ1n) is 9.09. The van der Waals surface area contributed by atoms with Gasteiger partial charge in [0.25, 0.3) is 0 Å². The Balaban J connectivity index is 1.56. The normalized spacial score (nSPS) is 15.2. The molecule has 0 bridgehead atoms. The van der Waals surface area contributed by atoms with Gasteiger partial charge in [-0.15, -0.1) is 0 Å². The number of phenols is 1. The van der Waals surface area contributed by atoms with E-state index in [0.717, 1.165) is 24.2 Å². The zero-order chi connectivity index (χ0) is 17.6. The summed E-state index contributed by atoms with van der Waals surface area (Å²) in [5, 5.41) is 10.6. The van der Waals surface area contributed by atoms with Crippen LogP contribution in [0.1, 0.15) is 55.0 Å². The number of aromatic hydroxyl groups is 1. The molecular formula is C20H26N2O3. The Hall–Kier alpha value is -2.30. The lowest BCUT2D eigenvalue weighted by Gasteiger charge is -2.23. The van der Waals surface area contributed by atoms with Gasteiger partial charge in [0.15, 0.2) is 0 Å². The number of rotatable bonds is 6. The van der Waals surface area contributed by atoms with Crippen LogP contribution >= 0.6 is 0 Å². The summed E-state index contributed by atoms with van der Waals surface area (Å²) in [5.41, 5.74) is 1.64. The summed E-state index contributed by atoms with van der Waals surface area (Å²) < 4.78 is 7.25. The van der Waals surface area contributed by atoms with Crippen LogP contribution in [0, 0.1) is 6.92 Å². The number of ether oxygens (including phenoxy) is 1. The van der Waals surface area contributed by atoms with Gasteiger partial charge >= 0.3 is 5.97 Å². The van der Waals surface area contributed by atoms with Crippen molar-refractivity contribution >= 4 is 5.97 Å². The lowest BCUT2D eigenvalue weighted by Crippen LogP contribution is -2.14. The quantitative estimate of drug-likeness (QED) is 0.813. The molecule has 2 aromatic rings. The molecule has 1 aromatic heterocycles. The molecule has 0 unspecified atom stereocenters. The second-order valence-corrected chi connectivity index (χ2v) is 6.76. The fourth-order valence-corrected chi connectivity index (χ4v) is 3.60. The van der Waals surface area contributed by atoms with Crippen molar-refractivity contribution in [3.05, 3.63) is 47.5 Å². The maximum atomic E-state index is 12.1. The highest BCUT2D eigenvalue weighted by atomic mass is 16.5. The van der Waals surface area contributed by atoms with Gasteiger partial charge in [0.2, 0.25) is 0 Å². The molecule has 5 nitrogen and oxygen atoms in total. The third kappa shape index (κ3) is 4.41. The minimum Gasteiger partial charge on any atom is -0.507 e. The third-order valence-corrected chi connectivity index (χ3v) is 5.05. The van der Waals surface area contributed by atoms with Gasteiger partial charge in [0.05, 0.1) is 13.0 Å². The second-order valence-electron chi connectivity index (χ2n) is 6.76. The summed E-state index contributed by atoms with van der Waals surface area (Å²) in [6.45, 7) is 2.81. The lowest BCUT2D eigenvalue weighted by atomic mass is 9.83. The number of carbonyl (C=O) groups is 1. The molecule has 0 atom stereocenters. The Morgan fingerprint density at radius 2 is 2.12 bits per heavy atom. The number of benzene rings is 1. The maximum absolute atomic E-state index is 12.1. The topological polar surface area (TPSA) is 64.4 Å². The van der Waals surface area contributed by atoms with E-state index < -0.39 is 0 Å². The van der Waals surface area contributed by atoms with Gasteiger partial charge in [-0.1, -0.05) is 37.5 Å². The van der Waals surface area contributed by atoms with Crippen LogP contribution in [0.3, 0.4) is 0 Å². The fourth-order valence-electron chi connectivity index (χ4n) is 3.60. The number of aromatic nitrogens is 2. The molecule has 134 valence electrons. The Kier molecular flexibility index (Phi) is 5.74. The van der Waals surface area contributed by atoms with Gasteiger partial charge in [-0.2, -0.15) is 0 Å². The highest BCUT2D eigenvalue weighted by Crippen LogP contribution is 2.38. The molecule has 1 fully saturated rings. The number of aryl methyl sites for hydroxylation is 1. The lowest BCUT2D eigenvalue weighted by molar-refractivity contribution is -0.143. The molecule has 0 aliphatic heterocycles. The van der Waals surface area contributed by atoms with Gasteiger partial charge in [0, 0.05) is 18.0 Å². The number of hydrogen-bond acceptors (Lipinski definition) is 4. The molecule has 5 heteroatoms. The van der Waals surface area contributed by atoms with Crippen molar-refractivity contribution < 1.29 is 14.6 Å². The zero-order valence-electron chi connectivity index (χ0n) is 14.8. The molecular weight excluding hydrogens is 316 g/mol. The standard InChI is InChI=1S/C20H26N2O3/c1-15-21-10-11-22(15)12-13-25-19(23)14-17-8-5-9-18(20(17)24)16-6-3-2-4-7-16/h5,8-11,16,24H,2-4,6-7,12-14H2,1H3. The molecule has 0 spiro atoms. The molecule has 1 aliphatic rings. The van der Waals surface area contributed by atoms with E-state index in [1.165, 1.54) is 19.3 Å². The van der Waals surface area contributed by atoms with Crippen molar-refractivity contribution in [2.45, 2.75) is 57.9 Å². The number of carbonyl (C=O) groups excluding carboxylic acids is 1. The summed E-state index contributed by atoms with van der Waals surface area (Å²) >= 11 is 0. The summed E-state index contributed by atoms with van der Waals surface area (Å²) in [6.07, 6.45) is 9.63. The van der Waals surface area contributed by atoms with Gasteiger partial charge in [-0.25, -0.2) is 4.98 Å². The Morgan fingerprint density at radius 1 is 1.32 bits per heavy atom. The number of esters is 1. The number of phenolic OH excluding ortho intramolecular Hbond substituents is 1. The van der Waals surface area contributed by atoms with Crippen LogP contribution < -0.4 is 0 Å². The molecule has 1 saturated carbocycles. The smallest absolute Gasteiger partial charge is 0.310 e. The van der Waals surface area contributed by atoms with E-state index in [4.69, 9.17) is 4.74 Å². The summed E-state index contributed by atoms with van der Waals surface area (Å²) in [6, 6.07) is 5.73.